The van der Waals surface area contributed by atoms with Gasteiger partial charge in [-0.3, -0.25) is 0 Å². The molecule has 0 amide bonds. The van der Waals surface area contributed by atoms with Gasteiger partial charge in [0.25, 0.3) is 0 Å². The van der Waals surface area contributed by atoms with Crippen LogP contribution in [-0.2, 0) is 11.3 Å². The van der Waals surface area contributed by atoms with Crippen molar-refractivity contribution in [3.8, 4) is 0 Å². The van der Waals surface area contributed by atoms with Crippen molar-refractivity contribution >= 4 is 23.3 Å². The summed E-state index contributed by atoms with van der Waals surface area (Å²) in [5.74, 6) is -1.49. The van der Waals surface area contributed by atoms with E-state index < -0.39 is 11.8 Å². The Balaban J connectivity index is 0.00000116. The molecular weight excluding hydrogens is 305 g/mol. The zero-order chi connectivity index (χ0) is 16.5. The van der Waals surface area contributed by atoms with Gasteiger partial charge in [0.2, 0.25) is 0 Å². The minimum atomic E-state index is -0.784. The molecule has 0 bridgehead atoms. The molecule has 0 aliphatic carbocycles. The van der Waals surface area contributed by atoms with Crippen LogP contribution in [0.3, 0.4) is 0 Å². The quantitative estimate of drug-likeness (QED) is 0.813. The SMILES string of the molecule is CC.CNc1ccc(Cl)c(C(=O)OCc2ccccc2)c1F. The summed E-state index contributed by atoms with van der Waals surface area (Å²) in [4.78, 5) is 12.0. The summed E-state index contributed by atoms with van der Waals surface area (Å²) in [7, 11) is 1.56. The number of nitrogens with one attached hydrogen (secondary N) is 1. The molecule has 118 valence electrons. The van der Waals surface area contributed by atoms with E-state index in [1.807, 2.05) is 44.2 Å². The first-order valence-electron chi connectivity index (χ1n) is 7.00. The summed E-state index contributed by atoms with van der Waals surface area (Å²) < 4.78 is 19.1. The van der Waals surface area contributed by atoms with Crippen molar-refractivity contribution in [2.75, 3.05) is 12.4 Å². The molecule has 2 aromatic carbocycles. The van der Waals surface area contributed by atoms with E-state index in [-0.39, 0.29) is 22.9 Å². The van der Waals surface area contributed by atoms with E-state index in [0.717, 1.165) is 5.56 Å². The second-order valence-electron chi connectivity index (χ2n) is 4.10. The highest BCUT2D eigenvalue weighted by atomic mass is 35.5. The number of rotatable bonds is 4. The maximum absolute atomic E-state index is 14.1. The average Bonchev–Trinajstić information content (AvgIpc) is 2.56. The molecule has 0 heterocycles. The van der Waals surface area contributed by atoms with Gasteiger partial charge >= 0.3 is 5.97 Å². The molecule has 0 saturated carbocycles. The van der Waals surface area contributed by atoms with Crippen molar-refractivity contribution in [2.45, 2.75) is 20.5 Å². The molecule has 0 unspecified atom stereocenters. The van der Waals surface area contributed by atoms with E-state index in [4.69, 9.17) is 16.3 Å². The molecular formula is C17H19ClFNO2. The summed E-state index contributed by atoms with van der Waals surface area (Å²) in [6.45, 7) is 4.07. The van der Waals surface area contributed by atoms with E-state index in [1.165, 1.54) is 12.1 Å². The Bertz CT molecular complexity index is 618. The third kappa shape index (κ3) is 4.46. The second kappa shape index (κ2) is 9.05. The van der Waals surface area contributed by atoms with Gasteiger partial charge in [-0.2, -0.15) is 0 Å². The third-order valence-electron chi connectivity index (χ3n) is 2.78. The van der Waals surface area contributed by atoms with Crippen LogP contribution >= 0.6 is 11.6 Å². The number of carbonyl (C=O) groups is 1. The highest BCUT2D eigenvalue weighted by Crippen LogP contribution is 2.26. The number of hydrogen-bond acceptors (Lipinski definition) is 3. The molecule has 0 aliphatic rings. The number of anilines is 1. The molecule has 2 rings (SSSR count). The zero-order valence-corrected chi connectivity index (χ0v) is 13.6. The minimum absolute atomic E-state index is 0.0274. The van der Waals surface area contributed by atoms with Crippen LogP contribution in [0.15, 0.2) is 42.5 Å². The molecule has 22 heavy (non-hydrogen) atoms. The highest BCUT2D eigenvalue weighted by molar-refractivity contribution is 6.33. The van der Waals surface area contributed by atoms with Crippen LogP contribution < -0.4 is 5.32 Å². The monoisotopic (exact) mass is 323 g/mol. The predicted octanol–water partition coefficient (Wildman–Crippen LogP) is 4.90. The highest BCUT2D eigenvalue weighted by Gasteiger charge is 2.20. The Kier molecular flexibility index (Phi) is 7.40. The molecule has 0 aliphatic heterocycles. The summed E-state index contributed by atoms with van der Waals surface area (Å²) in [5, 5.41) is 2.68. The van der Waals surface area contributed by atoms with Crippen LogP contribution in [0.1, 0.15) is 29.8 Å². The van der Waals surface area contributed by atoms with Crippen molar-refractivity contribution in [3.05, 3.63) is 64.4 Å². The first-order chi connectivity index (χ1) is 10.6. The lowest BCUT2D eigenvalue weighted by Gasteiger charge is -2.10. The zero-order valence-electron chi connectivity index (χ0n) is 12.8. The van der Waals surface area contributed by atoms with Crippen LogP contribution in [0.25, 0.3) is 0 Å². The van der Waals surface area contributed by atoms with E-state index in [0.29, 0.717) is 0 Å². The fourth-order valence-electron chi connectivity index (χ4n) is 1.73. The van der Waals surface area contributed by atoms with E-state index >= 15 is 0 Å². The van der Waals surface area contributed by atoms with Crippen molar-refractivity contribution in [1.29, 1.82) is 0 Å². The minimum Gasteiger partial charge on any atom is -0.457 e. The maximum atomic E-state index is 14.1. The smallest absolute Gasteiger partial charge is 0.343 e. The van der Waals surface area contributed by atoms with Crippen LogP contribution in [-0.4, -0.2) is 13.0 Å². The van der Waals surface area contributed by atoms with Gasteiger partial charge in [-0.25, -0.2) is 9.18 Å². The molecule has 0 fully saturated rings. The molecule has 0 saturated heterocycles. The van der Waals surface area contributed by atoms with Crippen LogP contribution in [0, 0.1) is 5.82 Å². The number of hydrogen-bond donors (Lipinski definition) is 1. The van der Waals surface area contributed by atoms with E-state index in [1.54, 1.807) is 7.05 Å². The molecule has 0 radical (unpaired) electrons. The Labute approximate surface area is 135 Å². The third-order valence-corrected chi connectivity index (χ3v) is 3.09. The second-order valence-corrected chi connectivity index (χ2v) is 4.50. The number of halogens is 2. The summed E-state index contributed by atoms with van der Waals surface area (Å²) in [6, 6.07) is 12.1. The Morgan fingerprint density at radius 2 is 1.82 bits per heavy atom. The van der Waals surface area contributed by atoms with E-state index in [9.17, 15) is 9.18 Å². The number of ether oxygens (including phenoxy) is 1. The largest absolute Gasteiger partial charge is 0.457 e. The van der Waals surface area contributed by atoms with Gasteiger partial charge in [0, 0.05) is 7.05 Å². The maximum Gasteiger partial charge on any atom is 0.343 e. The molecule has 3 nitrogen and oxygen atoms in total. The average molecular weight is 324 g/mol. The van der Waals surface area contributed by atoms with Gasteiger partial charge in [-0.1, -0.05) is 55.8 Å². The van der Waals surface area contributed by atoms with Gasteiger partial charge < -0.3 is 10.1 Å². The number of benzene rings is 2. The fourth-order valence-corrected chi connectivity index (χ4v) is 1.95. The summed E-state index contributed by atoms with van der Waals surface area (Å²) in [6.07, 6.45) is 0. The van der Waals surface area contributed by atoms with Gasteiger partial charge in [-0.15, -0.1) is 0 Å². The molecule has 0 atom stereocenters. The van der Waals surface area contributed by atoms with Gasteiger partial charge in [-0.05, 0) is 17.7 Å². The first kappa shape index (κ1) is 18.0. The Morgan fingerprint density at radius 3 is 2.41 bits per heavy atom. The number of carbonyl (C=O) groups excluding carboxylic acids is 1. The molecule has 2 aromatic rings. The van der Waals surface area contributed by atoms with Crippen molar-refractivity contribution in [2.24, 2.45) is 0 Å². The molecule has 0 spiro atoms. The van der Waals surface area contributed by atoms with Gasteiger partial charge in [0.05, 0.1) is 10.7 Å². The molecule has 0 aromatic heterocycles. The lowest BCUT2D eigenvalue weighted by Crippen LogP contribution is -2.10. The van der Waals surface area contributed by atoms with Crippen LogP contribution in [0.4, 0.5) is 10.1 Å². The molecule has 5 heteroatoms. The van der Waals surface area contributed by atoms with Crippen LogP contribution in [0.5, 0.6) is 0 Å². The Hall–Kier alpha value is -2.07. The topological polar surface area (TPSA) is 38.3 Å². The van der Waals surface area contributed by atoms with Gasteiger partial charge in [0.15, 0.2) is 5.82 Å². The van der Waals surface area contributed by atoms with Crippen molar-refractivity contribution in [1.82, 2.24) is 0 Å². The van der Waals surface area contributed by atoms with Crippen LogP contribution in [0.2, 0.25) is 5.02 Å². The predicted molar refractivity (Wildman–Crippen MR) is 87.9 cm³/mol. The Morgan fingerprint density at radius 1 is 1.18 bits per heavy atom. The van der Waals surface area contributed by atoms with Gasteiger partial charge in [0.1, 0.15) is 12.2 Å². The summed E-state index contributed by atoms with van der Waals surface area (Å²) in [5.41, 5.74) is 0.762. The fraction of sp³-hybridized carbons (Fsp3) is 0.235. The molecule has 1 N–H and O–H groups in total. The summed E-state index contributed by atoms with van der Waals surface area (Å²) >= 11 is 5.87. The lowest BCUT2D eigenvalue weighted by molar-refractivity contribution is 0.0467. The standard InChI is InChI=1S/C15H13ClFNO2.C2H6/c1-18-12-8-7-11(16)13(14(12)17)15(19)20-9-10-5-3-2-4-6-10;1-2/h2-8,18H,9H2,1H3;1-2H3. The first-order valence-corrected chi connectivity index (χ1v) is 7.38. The van der Waals surface area contributed by atoms with E-state index in [2.05, 4.69) is 5.32 Å². The normalized spacial score (nSPS) is 9.50. The van der Waals surface area contributed by atoms with Crippen molar-refractivity contribution < 1.29 is 13.9 Å². The van der Waals surface area contributed by atoms with Crippen molar-refractivity contribution in [3.63, 3.8) is 0 Å². The lowest BCUT2D eigenvalue weighted by atomic mass is 10.2. The number of esters is 1.